The Kier molecular flexibility index (Phi) is 8.86. The van der Waals surface area contributed by atoms with E-state index in [1.807, 2.05) is 36.4 Å². The lowest BCUT2D eigenvalue weighted by Crippen LogP contribution is -2.18. The highest BCUT2D eigenvalue weighted by Crippen LogP contribution is 2.30. The van der Waals surface area contributed by atoms with Crippen LogP contribution in [0.2, 0.25) is 0 Å². The number of nitrogens with two attached hydrogens (primary N) is 1. The molecule has 0 heterocycles. The van der Waals surface area contributed by atoms with Gasteiger partial charge in [-0.1, -0.05) is 60.7 Å². The molecule has 7 nitrogen and oxygen atoms in total. The van der Waals surface area contributed by atoms with Crippen LogP contribution in [0.5, 0.6) is 11.5 Å². The van der Waals surface area contributed by atoms with Gasteiger partial charge >= 0.3 is 0 Å². The van der Waals surface area contributed by atoms with Crippen LogP contribution in [0.4, 0.5) is 11.4 Å². The van der Waals surface area contributed by atoms with Crippen LogP contribution in [0.1, 0.15) is 22.3 Å². The number of anilines is 1. The molecule has 0 saturated heterocycles. The SMILES string of the molecule is Cc1c(COc2ccc(CNCCO)c(OCc3ccc(N=O)c(N)c3)c2)cccc1-c1ccccc1. The van der Waals surface area contributed by atoms with Gasteiger partial charge in [0.2, 0.25) is 0 Å². The Morgan fingerprint density at radius 3 is 2.49 bits per heavy atom. The van der Waals surface area contributed by atoms with Crippen LogP contribution in [-0.2, 0) is 19.8 Å². The standard InChI is InChI=1S/C30H31N3O4/c1-21-25(8-5-9-27(21)23-6-3-2-4-7-23)20-36-26-12-11-24(18-32-14-15-34)30(17-26)37-19-22-10-13-29(33-35)28(31)16-22/h2-13,16-17,32,34H,14-15,18-20,31H2,1H3. The Morgan fingerprint density at radius 2 is 1.73 bits per heavy atom. The van der Waals surface area contributed by atoms with Crippen molar-refractivity contribution in [1.29, 1.82) is 0 Å². The van der Waals surface area contributed by atoms with E-state index in [1.54, 1.807) is 18.2 Å². The van der Waals surface area contributed by atoms with Gasteiger partial charge in [0.1, 0.15) is 30.4 Å². The number of nitroso groups, excluding NO2 is 1. The second-order valence-electron chi connectivity index (χ2n) is 8.69. The fourth-order valence-corrected chi connectivity index (χ4v) is 4.08. The Labute approximate surface area is 216 Å². The van der Waals surface area contributed by atoms with E-state index in [-0.39, 0.29) is 18.9 Å². The van der Waals surface area contributed by atoms with Crippen LogP contribution >= 0.6 is 0 Å². The van der Waals surface area contributed by atoms with Crippen LogP contribution in [0.15, 0.2) is 90.1 Å². The Morgan fingerprint density at radius 1 is 0.892 bits per heavy atom. The van der Waals surface area contributed by atoms with Gasteiger partial charge in [0, 0.05) is 24.7 Å². The molecule has 0 fully saturated rings. The molecule has 7 heteroatoms. The Hall–Kier alpha value is -4.20. The van der Waals surface area contributed by atoms with E-state index in [9.17, 15) is 4.91 Å². The zero-order chi connectivity index (χ0) is 26.0. The quantitative estimate of drug-likeness (QED) is 0.128. The van der Waals surface area contributed by atoms with Crippen LogP contribution in [0.25, 0.3) is 11.1 Å². The van der Waals surface area contributed by atoms with E-state index in [1.165, 1.54) is 16.7 Å². The predicted molar refractivity (Wildman–Crippen MR) is 147 cm³/mol. The van der Waals surface area contributed by atoms with E-state index in [4.69, 9.17) is 20.3 Å². The summed E-state index contributed by atoms with van der Waals surface area (Å²) in [5.74, 6) is 1.35. The number of nitrogens with zero attached hydrogens (tertiary/aromatic N) is 1. The first kappa shape index (κ1) is 25.9. The third-order valence-corrected chi connectivity index (χ3v) is 6.15. The largest absolute Gasteiger partial charge is 0.489 e. The van der Waals surface area contributed by atoms with Crippen LogP contribution < -0.4 is 20.5 Å². The van der Waals surface area contributed by atoms with Gasteiger partial charge in [0.15, 0.2) is 0 Å². The summed E-state index contributed by atoms with van der Waals surface area (Å²) < 4.78 is 12.3. The zero-order valence-electron chi connectivity index (χ0n) is 20.8. The Balaban J connectivity index is 1.50. The van der Waals surface area contributed by atoms with Gasteiger partial charge in [-0.15, -0.1) is 4.91 Å². The molecule has 0 aromatic heterocycles. The number of benzene rings is 4. The smallest absolute Gasteiger partial charge is 0.130 e. The van der Waals surface area contributed by atoms with E-state index in [2.05, 4.69) is 47.7 Å². The van der Waals surface area contributed by atoms with Crippen molar-refractivity contribution in [2.45, 2.75) is 26.7 Å². The maximum Gasteiger partial charge on any atom is 0.130 e. The molecular weight excluding hydrogens is 466 g/mol. The highest BCUT2D eigenvalue weighted by Gasteiger charge is 2.10. The van der Waals surface area contributed by atoms with E-state index in [0.717, 1.165) is 16.7 Å². The third-order valence-electron chi connectivity index (χ3n) is 6.15. The molecular formula is C30H31N3O4. The molecule has 0 saturated carbocycles. The molecule has 0 aliphatic heterocycles. The summed E-state index contributed by atoms with van der Waals surface area (Å²) in [5, 5.41) is 15.2. The van der Waals surface area contributed by atoms with Crippen molar-refractivity contribution in [2.24, 2.45) is 5.18 Å². The molecule has 0 atom stereocenters. The lowest BCUT2D eigenvalue weighted by Gasteiger charge is -2.16. The molecule has 4 aromatic carbocycles. The third kappa shape index (κ3) is 6.73. The summed E-state index contributed by atoms with van der Waals surface area (Å²) >= 11 is 0. The molecule has 0 amide bonds. The van der Waals surface area contributed by atoms with Crippen molar-refractivity contribution in [3.05, 3.63) is 112 Å². The second-order valence-corrected chi connectivity index (χ2v) is 8.69. The summed E-state index contributed by atoms with van der Waals surface area (Å²) in [5.41, 5.74) is 12.8. The lowest BCUT2D eigenvalue weighted by molar-refractivity contribution is 0.282. The minimum Gasteiger partial charge on any atom is -0.489 e. The van der Waals surface area contributed by atoms with Gasteiger partial charge in [0.25, 0.3) is 0 Å². The molecule has 0 radical (unpaired) electrons. The van der Waals surface area contributed by atoms with Crippen molar-refractivity contribution in [1.82, 2.24) is 5.32 Å². The van der Waals surface area contributed by atoms with Crippen LogP contribution in [0, 0.1) is 11.8 Å². The molecule has 4 aromatic rings. The molecule has 0 aliphatic carbocycles. The highest BCUT2D eigenvalue weighted by molar-refractivity contribution is 5.68. The van der Waals surface area contributed by atoms with Gasteiger partial charge < -0.3 is 25.6 Å². The zero-order valence-corrected chi connectivity index (χ0v) is 20.8. The topological polar surface area (TPSA) is 106 Å². The first-order valence-electron chi connectivity index (χ1n) is 12.1. The van der Waals surface area contributed by atoms with Gasteiger partial charge in [-0.25, -0.2) is 0 Å². The minimum absolute atomic E-state index is 0.0508. The molecule has 4 N–H and O–H groups in total. The predicted octanol–water partition coefficient (Wildman–Crippen LogP) is 5.88. The van der Waals surface area contributed by atoms with Gasteiger partial charge in [-0.3, -0.25) is 0 Å². The number of ether oxygens (including phenoxy) is 2. The average Bonchev–Trinajstić information content (AvgIpc) is 2.93. The summed E-state index contributed by atoms with van der Waals surface area (Å²) in [6, 6.07) is 27.3. The maximum atomic E-state index is 10.8. The fraction of sp³-hybridized carbons (Fsp3) is 0.200. The van der Waals surface area contributed by atoms with Crippen molar-refractivity contribution in [2.75, 3.05) is 18.9 Å². The lowest BCUT2D eigenvalue weighted by atomic mass is 9.97. The number of nitrogens with one attached hydrogen (secondary N) is 1. The fourth-order valence-electron chi connectivity index (χ4n) is 4.08. The molecule has 0 bridgehead atoms. The summed E-state index contributed by atoms with van der Waals surface area (Å²) in [6.45, 7) is 3.86. The number of aliphatic hydroxyl groups excluding tert-OH is 1. The number of nitrogen functional groups attached to an aromatic ring is 1. The second kappa shape index (κ2) is 12.7. The first-order valence-corrected chi connectivity index (χ1v) is 12.1. The molecule has 190 valence electrons. The number of aliphatic hydroxyl groups is 1. The van der Waals surface area contributed by atoms with Gasteiger partial charge in [-0.05, 0) is 58.1 Å². The van der Waals surface area contributed by atoms with E-state index in [0.29, 0.717) is 36.9 Å². The molecule has 0 unspecified atom stereocenters. The number of hydrogen-bond acceptors (Lipinski definition) is 7. The molecule has 0 aliphatic rings. The number of rotatable bonds is 12. The van der Waals surface area contributed by atoms with E-state index >= 15 is 0 Å². The summed E-state index contributed by atoms with van der Waals surface area (Å²) in [7, 11) is 0. The van der Waals surface area contributed by atoms with Crippen molar-refractivity contribution >= 4 is 11.4 Å². The Bertz CT molecular complexity index is 1340. The van der Waals surface area contributed by atoms with Crippen molar-refractivity contribution in [3.8, 4) is 22.6 Å². The highest BCUT2D eigenvalue weighted by atomic mass is 16.5. The van der Waals surface area contributed by atoms with Gasteiger partial charge in [-0.2, -0.15) is 0 Å². The van der Waals surface area contributed by atoms with Crippen molar-refractivity contribution < 1.29 is 14.6 Å². The minimum atomic E-state index is 0.0508. The average molecular weight is 498 g/mol. The van der Waals surface area contributed by atoms with E-state index < -0.39 is 0 Å². The van der Waals surface area contributed by atoms with Gasteiger partial charge in [0.05, 0.1) is 12.3 Å². The normalized spacial score (nSPS) is 10.8. The first-order chi connectivity index (χ1) is 18.1. The summed E-state index contributed by atoms with van der Waals surface area (Å²) in [4.78, 5) is 10.8. The van der Waals surface area contributed by atoms with Crippen molar-refractivity contribution in [3.63, 3.8) is 0 Å². The molecule has 37 heavy (non-hydrogen) atoms. The monoisotopic (exact) mass is 497 g/mol. The maximum absolute atomic E-state index is 10.8. The van der Waals surface area contributed by atoms with Crippen LogP contribution in [-0.4, -0.2) is 18.3 Å². The van der Waals surface area contributed by atoms with Crippen LogP contribution in [0.3, 0.4) is 0 Å². The molecule has 0 spiro atoms. The number of hydrogen-bond donors (Lipinski definition) is 3. The summed E-state index contributed by atoms with van der Waals surface area (Å²) in [6.07, 6.45) is 0. The molecule has 4 rings (SSSR count).